The fourth-order valence-corrected chi connectivity index (χ4v) is 2.80. The number of hydrogen-bond donors (Lipinski definition) is 0. The summed E-state index contributed by atoms with van der Waals surface area (Å²) in [5.74, 6) is 1.69. The summed E-state index contributed by atoms with van der Waals surface area (Å²) < 4.78 is 10.7. The third-order valence-electron chi connectivity index (χ3n) is 3.13. The van der Waals surface area contributed by atoms with Crippen LogP contribution in [0.1, 0.15) is 10.4 Å². The minimum Gasteiger partial charge on any atom is -0.454 e. The molecule has 0 saturated carbocycles. The highest BCUT2D eigenvalue weighted by molar-refractivity contribution is 7.10. The molecule has 1 aromatic heterocycles. The van der Waals surface area contributed by atoms with Gasteiger partial charge in [0.1, 0.15) is 0 Å². The first kappa shape index (κ1) is 15.9. The van der Waals surface area contributed by atoms with Gasteiger partial charge in [0, 0.05) is 18.0 Å². The normalized spacial score (nSPS) is 12.9. The fraction of sp³-hybridized carbons (Fsp3) is 0.250. The molecular formula is C16H18ClNO2S. The van der Waals surface area contributed by atoms with Gasteiger partial charge in [0.05, 0.1) is 0 Å². The van der Waals surface area contributed by atoms with Crippen molar-refractivity contribution in [1.29, 1.82) is 0 Å². The number of thiophene rings is 1. The molecule has 0 bridgehead atoms. The zero-order valence-electron chi connectivity index (χ0n) is 11.8. The van der Waals surface area contributed by atoms with Crippen molar-refractivity contribution in [2.75, 3.05) is 20.4 Å². The van der Waals surface area contributed by atoms with Crippen LogP contribution in [0, 0.1) is 0 Å². The second-order valence-corrected chi connectivity index (χ2v) is 5.78. The van der Waals surface area contributed by atoms with E-state index < -0.39 is 0 Å². The first-order valence-electron chi connectivity index (χ1n) is 6.58. The molecule has 21 heavy (non-hydrogen) atoms. The summed E-state index contributed by atoms with van der Waals surface area (Å²) in [7, 11) is 2.11. The number of nitrogens with zero attached hydrogens (tertiary/aromatic N) is 1. The molecule has 1 aliphatic heterocycles. The molecule has 0 fully saturated rings. The standard InChI is InChI=1S/C16H17NO2S.ClH/c1-17(8-2-4-14-5-3-9-20-14)11-13-6-7-15-16(10-13)19-12-18-15;/h2-7,9-10H,8,11-12H2,1H3;1H/b4-2+;. The Morgan fingerprint density at radius 1 is 1.24 bits per heavy atom. The van der Waals surface area contributed by atoms with Crippen LogP contribution < -0.4 is 9.47 Å². The topological polar surface area (TPSA) is 21.7 Å². The van der Waals surface area contributed by atoms with E-state index in [4.69, 9.17) is 9.47 Å². The molecule has 3 nitrogen and oxygen atoms in total. The van der Waals surface area contributed by atoms with Gasteiger partial charge in [-0.15, -0.1) is 23.7 Å². The number of likely N-dealkylation sites (N-methyl/N-ethyl adjacent to an activating group) is 1. The first-order valence-corrected chi connectivity index (χ1v) is 7.46. The van der Waals surface area contributed by atoms with E-state index in [0.717, 1.165) is 24.6 Å². The molecule has 0 radical (unpaired) electrons. The van der Waals surface area contributed by atoms with Gasteiger partial charge < -0.3 is 9.47 Å². The third-order valence-corrected chi connectivity index (χ3v) is 3.97. The van der Waals surface area contributed by atoms with Crippen LogP contribution in [0.3, 0.4) is 0 Å². The summed E-state index contributed by atoms with van der Waals surface area (Å²) in [6, 6.07) is 10.3. The second kappa shape index (κ2) is 7.50. The van der Waals surface area contributed by atoms with Crippen molar-refractivity contribution in [3.63, 3.8) is 0 Å². The van der Waals surface area contributed by atoms with Gasteiger partial charge >= 0.3 is 0 Å². The number of hydrogen-bond acceptors (Lipinski definition) is 4. The molecule has 0 aliphatic carbocycles. The molecule has 1 aromatic carbocycles. The highest BCUT2D eigenvalue weighted by Crippen LogP contribution is 2.32. The lowest BCUT2D eigenvalue weighted by Gasteiger charge is -2.14. The van der Waals surface area contributed by atoms with E-state index in [9.17, 15) is 0 Å². The average molecular weight is 324 g/mol. The van der Waals surface area contributed by atoms with Crippen LogP contribution in [0.5, 0.6) is 11.5 Å². The van der Waals surface area contributed by atoms with Crippen LogP contribution in [-0.2, 0) is 6.54 Å². The fourth-order valence-electron chi connectivity index (χ4n) is 2.15. The maximum atomic E-state index is 5.40. The molecule has 0 atom stereocenters. The molecule has 0 saturated heterocycles. The molecule has 0 N–H and O–H groups in total. The van der Waals surface area contributed by atoms with Gasteiger partial charge in [-0.25, -0.2) is 0 Å². The Hall–Kier alpha value is -1.49. The highest BCUT2D eigenvalue weighted by Gasteiger charge is 2.13. The third kappa shape index (κ3) is 4.24. The Balaban J connectivity index is 0.00000161. The molecular weight excluding hydrogens is 306 g/mol. The van der Waals surface area contributed by atoms with Gasteiger partial charge in [-0.05, 0) is 42.3 Å². The Morgan fingerprint density at radius 3 is 2.90 bits per heavy atom. The van der Waals surface area contributed by atoms with Gasteiger partial charge in [0.15, 0.2) is 11.5 Å². The largest absolute Gasteiger partial charge is 0.454 e. The van der Waals surface area contributed by atoms with Crippen molar-refractivity contribution in [2.24, 2.45) is 0 Å². The number of rotatable bonds is 5. The lowest BCUT2D eigenvalue weighted by atomic mass is 10.2. The van der Waals surface area contributed by atoms with Crippen molar-refractivity contribution in [2.45, 2.75) is 6.54 Å². The summed E-state index contributed by atoms with van der Waals surface area (Å²) in [6.07, 6.45) is 4.36. The molecule has 0 amide bonds. The van der Waals surface area contributed by atoms with Crippen LogP contribution in [-0.4, -0.2) is 25.3 Å². The monoisotopic (exact) mass is 323 g/mol. The Kier molecular flexibility index (Phi) is 5.67. The van der Waals surface area contributed by atoms with Crippen molar-refractivity contribution >= 4 is 29.8 Å². The predicted octanol–water partition coefficient (Wildman–Crippen LogP) is 4.04. The van der Waals surface area contributed by atoms with Crippen molar-refractivity contribution < 1.29 is 9.47 Å². The molecule has 1 aliphatic rings. The summed E-state index contributed by atoms with van der Waals surface area (Å²) in [4.78, 5) is 3.56. The molecule has 2 heterocycles. The number of ether oxygens (including phenoxy) is 2. The lowest BCUT2D eigenvalue weighted by molar-refractivity contribution is 0.174. The lowest BCUT2D eigenvalue weighted by Crippen LogP contribution is -2.17. The predicted molar refractivity (Wildman–Crippen MR) is 89.5 cm³/mol. The number of fused-ring (bicyclic) bond motifs is 1. The number of benzene rings is 1. The van der Waals surface area contributed by atoms with E-state index in [1.807, 2.05) is 6.07 Å². The summed E-state index contributed by atoms with van der Waals surface area (Å²) >= 11 is 1.76. The van der Waals surface area contributed by atoms with E-state index in [2.05, 4.69) is 53.7 Å². The van der Waals surface area contributed by atoms with Gasteiger partial charge in [-0.1, -0.05) is 18.2 Å². The molecule has 0 unspecified atom stereocenters. The summed E-state index contributed by atoms with van der Waals surface area (Å²) in [5.41, 5.74) is 1.24. The maximum absolute atomic E-state index is 5.40. The van der Waals surface area contributed by atoms with Crippen LogP contribution in [0.15, 0.2) is 41.8 Å². The smallest absolute Gasteiger partial charge is 0.231 e. The Morgan fingerprint density at radius 2 is 2.10 bits per heavy atom. The SMILES string of the molecule is CN(C/C=C/c1cccs1)Cc1ccc2c(c1)OCO2.Cl. The van der Waals surface area contributed by atoms with E-state index >= 15 is 0 Å². The molecule has 3 rings (SSSR count). The van der Waals surface area contributed by atoms with Gasteiger partial charge in [-0.2, -0.15) is 0 Å². The molecule has 0 spiro atoms. The van der Waals surface area contributed by atoms with E-state index in [-0.39, 0.29) is 12.4 Å². The minimum atomic E-state index is 0. The van der Waals surface area contributed by atoms with Crippen molar-refractivity contribution in [1.82, 2.24) is 4.90 Å². The Labute approximate surface area is 135 Å². The second-order valence-electron chi connectivity index (χ2n) is 4.80. The summed E-state index contributed by atoms with van der Waals surface area (Å²) in [5, 5.41) is 2.09. The zero-order valence-corrected chi connectivity index (χ0v) is 13.5. The minimum absolute atomic E-state index is 0. The zero-order chi connectivity index (χ0) is 13.8. The first-order chi connectivity index (χ1) is 9.81. The quantitative estimate of drug-likeness (QED) is 0.828. The van der Waals surface area contributed by atoms with Gasteiger partial charge in [0.25, 0.3) is 0 Å². The van der Waals surface area contributed by atoms with Gasteiger partial charge in [-0.3, -0.25) is 4.90 Å². The van der Waals surface area contributed by atoms with E-state index in [1.165, 1.54) is 10.4 Å². The van der Waals surface area contributed by atoms with Crippen LogP contribution >= 0.6 is 23.7 Å². The summed E-state index contributed by atoms with van der Waals surface area (Å²) in [6.45, 7) is 2.15. The highest BCUT2D eigenvalue weighted by atomic mass is 35.5. The van der Waals surface area contributed by atoms with E-state index in [0.29, 0.717) is 6.79 Å². The van der Waals surface area contributed by atoms with Crippen LogP contribution in [0.25, 0.3) is 6.08 Å². The molecule has 112 valence electrons. The van der Waals surface area contributed by atoms with Gasteiger partial charge in [0.2, 0.25) is 6.79 Å². The van der Waals surface area contributed by atoms with Crippen LogP contribution in [0.2, 0.25) is 0 Å². The Bertz CT molecular complexity index is 598. The molecule has 2 aromatic rings. The molecule has 5 heteroatoms. The number of halogens is 1. The maximum Gasteiger partial charge on any atom is 0.231 e. The van der Waals surface area contributed by atoms with Crippen LogP contribution in [0.4, 0.5) is 0 Å². The van der Waals surface area contributed by atoms with Crippen molar-refractivity contribution in [3.05, 3.63) is 52.2 Å². The van der Waals surface area contributed by atoms with Crippen molar-refractivity contribution in [3.8, 4) is 11.5 Å². The average Bonchev–Trinajstić information content (AvgIpc) is 3.08. The van der Waals surface area contributed by atoms with E-state index in [1.54, 1.807) is 11.3 Å².